The van der Waals surface area contributed by atoms with Gasteiger partial charge < -0.3 is 0 Å². The quantitative estimate of drug-likeness (QED) is 0.565. The summed E-state index contributed by atoms with van der Waals surface area (Å²) in [4.78, 5) is 10.3. The van der Waals surface area contributed by atoms with Crippen molar-refractivity contribution in [3.8, 4) is 0 Å². The molecular formula is C21H19FN2S. The number of hydrogen-bond acceptors (Lipinski definition) is 3. The SMILES string of the molecule is Cc1ccc2c(c1C)SC(C)(C)N=C2c1cnc2c(F)cccc2c1. The Morgan fingerprint density at radius 1 is 1.08 bits per heavy atom. The molecule has 0 saturated carbocycles. The molecule has 4 heteroatoms. The van der Waals surface area contributed by atoms with Crippen LogP contribution in [-0.2, 0) is 0 Å². The van der Waals surface area contributed by atoms with Crippen LogP contribution in [0.3, 0.4) is 0 Å². The zero-order valence-corrected chi connectivity index (χ0v) is 15.5. The van der Waals surface area contributed by atoms with Crippen molar-refractivity contribution in [3.05, 3.63) is 70.7 Å². The molecule has 2 nitrogen and oxygen atoms in total. The van der Waals surface area contributed by atoms with E-state index in [1.807, 2.05) is 12.1 Å². The van der Waals surface area contributed by atoms with Gasteiger partial charge in [0.05, 0.1) is 5.71 Å². The van der Waals surface area contributed by atoms with Crippen molar-refractivity contribution in [1.82, 2.24) is 4.98 Å². The first-order valence-electron chi connectivity index (χ1n) is 8.30. The van der Waals surface area contributed by atoms with Gasteiger partial charge in [-0.25, -0.2) is 4.39 Å². The minimum atomic E-state index is -0.294. The van der Waals surface area contributed by atoms with E-state index >= 15 is 0 Å². The van der Waals surface area contributed by atoms with Crippen molar-refractivity contribution in [2.75, 3.05) is 0 Å². The van der Waals surface area contributed by atoms with Crippen LogP contribution >= 0.6 is 11.8 Å². The van der Waals surface area contributed by atoms with Gasteiger partial charge in [-0.1, -0.05) is 36.0 Å². The molecule has 1 aliphatic heterocycles. The Kier molecular flexibility index (Phi) is 3.69. The molecule has 0 amide bonds. The van der Waals surface area contributed by atoms with Gasteiger partial charge in [-0.05, 0) is 51.0 Å². The van der Waals surface area contributed by atoms with Gasteiger partial charge in [0.25, 0.3) is 0 Å². The minimum Gasteiger partial charge on any atom is -0.267 e. The molecule has 0 aliphatic carbocycles. The van der Waals surface area contributed by atoms with Crippen LogP contribution in [0.2, 0.25) is 0 Å². The third kappa shape index (κ3) is 2.74. The fourth-order valence-corrected chi connectivity index (χ4v) is 4.41. The lowest BCUT2D eigenvalue weighted by atomic mass is 9.97. The van der Waals surface area contributed by atoms with E-state index in [-0.39, 0.29) is 10.7 Å². The number of pyridine rings is 1. The van der Waals surface area contributed by atoms with Crippen molar-refractivity contribution in [2.24, 2.45) is 4.99 Å². The van der Waals surface area contributed by atoms with Crippen molar-refractivity contribution in [1.29, 1.82) is 0 Å². The van der Waals surface area contributed by atoms with Crippen molar-refractivity contribution in [3.63, 3.8) is 0 Å². The Hall–Kier alpha value is -2.20. The predicted octanol–water partition coefficient (Wildman–Crippen LogP) is 5.67. The van der Waals surface area contributed by atoms with E-state index in [0.717, 1.165) is 22.2 Å². The highest BCUT2D eigenvalue weighted by molar-refractivity contribution is 8.00. The molecule has 0 spiro atoms. The van der Waals surface area contributed by atoms with Gasteiger partial charge in [-0.15, -0.1) is 0 Å². The maximum atomic E-state index is 13.9. The van der Waals surface area contributed by atoms with Gasteiger partial charge in [0, 0.05) is 27.6 Å². The average molecular weight is 350 g/mol. The molecule has 126 valence electrons. The van der Waals surface area contributed by atoms with Crippen LogP contribution in [0.4, 0.5) is 4.39 Å². The van der Waals surface area contributed by atoms with Crippen molar-refractivity contribution >= 4 is 28.4 Å². The van der Waals surface area contributed by atoms with Gasteiger partial charge in [0.2, 0.25) is 0 Å². The van der Waals surface area contributed by atoms with Crippen LogP contribution in [0.1, 0.15) is 36.1 Å². The molecular weight excluding hydrogens is 331 g/mol. The Balaban J connectivity index is 1.96. The van der Waals surface area contributed by atoms with Gasteiger partial charge in [0.1, 0.15) is 16.2 Å². The topological polar surface area (TPSA) is 25.2 Å². The molecule has 0 saturated heterocycles. The smallest absolute Gasteiger partial charge is 0.149 e. The highest BCUT2D eigenvalue weighted by atomic mass is 32.2. The number of thioether (sulfide) groups is 1. The Morgan fingerprint density at radius 3 is 2.68 bits per heavy atom. The van der Waals surface area contributed by atoms with E-state index in [2.05, 4.69) is 44.8 Å². The summed E-state index contributed by atoms with van der Waals surface area (Å²) in [6, 6.07) is 11.3. The Labute approximate surface area is 151 Å². The second-order valence-electron chi connectivity index (χ2n) is 6.93. The minimum absolute atomic E-state index is 0.252. The summed E-state index contributed by atoms with van der Waals surface area (Å²) in [7, 11) is 0. The molecule has 25 heavy (non-hydrogen) atoms. The summed E-state index contributed by atoms with van der Waals surface area (Å²) < 4.78 is 13.9. The molecule has 2 heterocycles. The number of hydrogen-bond donors (Lipinski definition) is 0. The van der Waals surface area contributed by atoms with Crippen LogP contribution in [-0.4, -0.2) is 15.6 Å². The lowest BCUT2D eigenvalue weighted by Crippen LogP contribution is -2.23. The number of aryl methyl sites for hydroxylation is 1. The summed E-state index contributed by atoms with van der Waals surface area (Å²) in [5.74, 6) is -0.294. The molecule has 3 aromatic rings. The highest BCUT2D eigenvalue weighted by Gasteiger charge is 2.30. The second kappa shape index (κ2) is 5.67. The summed E-state index contributed by atoms with van der Waals surface area (Å²) in [6.07, 6.45) is 1.73. The number of fused-ring (bicyclic) bond motifs is 2. The van der Waals surface area contributed by atoms with Gasteiger partial charge >= 0.3 is 0 Å². The molecule has 0 N–H and O–H groups in total. The number of nitrogens with zero attached hydrogens (tertiary/aromatic N) is 2. The Bertz CT molecular complexity index is 1040. The van der Waals surface area contributed by atoms with Crippen LogP contribution < -0.4 is 0 Å². The predicted molar refractivity (Wildman–Crippen MR) is 103 cm³/mol. The van der Waals surface area contributed by atoms with Crippen LogP contribution in [0, 0.1) is 19.7 Å². The van der Waals surface area contributed by atoms with Gasteiger partial charge in [-0.2, -0.15) is 0 Å². The third-order valence-electron chi connectivity index (χ3n) is 4.60. The van der Waals surface area contributed by atoms with Crippen LogP contribution in [0.25, 0.3) is 10.9 Å². The zero-order chi connectivity index (χ0) is 17.8. The monoisotopic (exact) mass is 350 g/mol. The van der Waals surface area contributed by atoms with Crippen molar-refractivity contribution < 1.29 is 4.39 Å². The largest absolute Gasteiger partial charge is 0.267 e. The second-order valence-corrected chi connectivity index (χ2v) is 8.54. The number of benzene rings is 2. The molecule has 0 atom stereocenters. The average Bonchev–Trinajstić information content (AvgIpc) is 2.57. The molecule has 0 radical (unpaired) electrons. The molecule has 0 bridgehead atoms. The third-order valence-corrected chi connectivity index (χ3v) is 5.92. The molecule has 2 aromatic carbocycles. The zero-order valence-electron chi connectivity index (χ0n) is 14.7. The van der Waals surface area contributed by atoms with Crippen LogP contribution in [0.15, 0.2) is 52.5 Å². The van der Waals surface area contributed by atoms with Gasteiger partial charge in [-0.3, -0.25) is 9.98 Å². The van der Waals surface area contributed by atoms with Crippen molar-refractivity contribution in [2.45, 2.75) is 37.5 Å². The number of halogens is 1. The first kappa shape index (κ1) is 16.3. The molecule has 0 fully saturated rings. The summed E-state index contributed by atoms with van der Waals surface area (Å²) in [6.45, 7) is 8.54. The first-order chi connectivity index (χ1) is 11.9. The van der Waals surface area contributed by atoms with Crippen LogP contribution in [0.5, 0.6) is 0 Å². The summed E-state index contributed by atoms with van der Waals surface area (Å²) >= 11 is 1.79. The molecule has 1 aromatic heterocycles. The number of rotatable bonds is 1. The van der Waals surface area contributed by atoms with E-state index in [9.17, 15) is 4.39 Å². The van der Waals surface area contributed by atoms with E-state index in [1.165, 1.54) is 22.1 Å². The standard InChI is InChI=1S/C21H19FN2S/c1-12-8-9-16-18(24-21(3,4)25-20(16)13(12)2)15-10-14-6-5-7-17(22)19(14)23-11-15/h5-11H,1-4H3. The lowest BCUT2D eigenvalue weighted by molar-refractivity contribution is 0.637. The van der Waals surface area contributed by atoms with E-state index in [1.54, 1.807) is 24.0 Å². The number of para-hydroxylation sites is 1. The molecule has 4 rings (SSSR count). The maximum absolute atomic E-state index is 13.9. The summed E-state index contributed by atoms with van der Waals surface area (Å²) in [5.41, 5.74) is 5.96. The fourth-order valence-electron chi connectivity index (χ4n) is 3.18. The normalized spacial score (nSPS) is 15.8. The van der Waals surface area contributed by atoms with E-state index in [4.69, 9.17) is 4.99 Å². The first-order valence-corrected chi connectivity index (χ1v) is 9.11. The number of aliphatic imine (C=N–C) groups is 1. The highest BCUT2D eigenvalue weighted by Crippen LogP contribution is 2.43. The maximum Gasteiger partial charge on any atom is 0.149 e. The Morgan fingerprint density at radius 2 is 1.88 bits per heavy atom. The molecule has 0 unspecified atom stereocenters. The van der Waals surface area contributed by atoms with Gasteiger partial charge in [0.15, 0.2) is 0 Å². The lowest BCUT2D eigenvalue weighted by Gasteiger charge is -2.30. The number of aromatic nitrogens is 1. The molecule has 1 aliphatic rings. The summed E-state index contributed by atoms with van der Waals surface area (Å²) in [5, 5.41) is 0.793. The van der Waals surface area contributed by atoms with E-state index in [0.29, 0.717) is 5.52 Å². The fraction of sp³-hybridized carbons (Fsp3) is 0.238. The van der Waals surface area contributed by atoms with E-state index < -0.39 is 0 Å².